The number of aromatic nitrogens is 1. The van der Waals surface area contributed by atoms with Gasteiger partial charge in [-0.15, -0.1) is 0 Å². The summed E-state index contributed by atoms with van der Waals surface area (Å²) in [5.41, 5.74) is 7.08. The van der Waals surface area contributed by atoms with E-state index in [1.807, 2.05) is 24.4 Å². The van der Waals surface area contributed by atoms with Crippen LogP contribution in [-0.2, 0) is 0 Å². The number of ether oxygens (including phenoxy) is 1. The van der Waals surface area contributed by atoms with Crippen molar-refractivity contribution in [3.63, 3.8) is 0 Å². The van der Waals surface area contributed by atoms with Crippen LogP contribution in [0, 0.1) is 0 Å². The summed E-state index contributed by atoms with van der Waals surface area (Å²) >= 11 is 0. The van der Waals surface area contributed by atoms with Crippen molar-refractivity contribution in [1.82, 2.24) is 4.98 Å². The van der Waals surface area contributed by atoms with Gasteiger partial charge in [0.05, 0.1) is 12.8 Å². The van der Waals surface area contributed by atoms with E-state index in [9.17, 15) is 0 Å². The SMILES string of the molecule is COc1ccc(/C=C2\c3ccccc3-c3cccnc32)cc1. The molecule has 0 spiro atoms. The minimum Gasteiger partial charge on any atom is -0.497 e. The Morgan fingerprint density at radius 3 is 2.32 bits per heavy atom. The Balaban J connectivity index is 1.88. The maximum absolute atomic E-state index is 5.22. The maximum Gasteiger partial charge on any atom is 0.118 e. The summed E-state index contributed by atoms with van der Waals surface area (Å²) < 4.78 is 5.22. The molecule has 4 rings (SSSR count). The fourth-order valence-corrected chi connectivity index (χ4v) is 2.93. The molecule has 1 aliphatic rings. The maximum atomic E-state index is 5.22. The van der Waals surface area contributed by atoms with Crippen molar-refractivity contribution in [3.8, 4) is 16.9 Å². The van der Waals surface area contributed by atoms with E-state index in [0.29, 0.717) is 0 Å². The molecule has 0 saturated carbocycles. The van der Waals surface area contributed by atoms with Crippen molar-refractivity contribution < 1.29 is 4.74 Å². The summed E-state index contributed by atoms with van der Waals surface area (Å²) in [6.07, 6.45) is 4.05. The molecule has 0 aliphatic heterocycles. The number of benzene rings is 2. The molecule has 22 heavy (non-hydrogen) atoms. The molecule has 1 heterocycles. The van der Waals surface area contributed by atoms with E-state index >= 15 is 0 Å². The number of methoxy groups -OCH3 is 1. The second kappa shape index (κ2) is 5.15. The lowest BCUT2D eigenvalue weighted by Gasteiger charge is -2.03. The smallest absolute Gasteiger partial charge is 0.118 e. The van der Waals surface area contributed by atoms with Crippen molar-refractivity contribution >= 4 is 11.6 Å². The number of rotatable bonds is 2. The lowest BCUT2D eigenvalue weighted by Crippen LogP contribution is -1.86. The molecule has 1 aliphatic carbocycles. The van der Waals surface area contributed by atoms with Crippen LogP contribution in [-0.4, -0.2) is 12.1 Å². The van der Waals surface area contributed by atoms with Crippen molar-refractivity contribution in [1.29, 1.82) is 0 Å². The third-order valence-corrected chi connectivity index (χ3v) is 4.00. The van der Waals surface area contributed by atoms with Crippen LogP contribution in [0.15, 0.2) is 66.9 Å². The van der Waals surface area contributed by atoms with E-state index in [-0.39, 0.29) is 0 Å². The minimum absolute atomic E-state index is 0.868. The quantitative estimate of drug-likeness (QED) is 0.534. The molecule has 2 heteroatoms. The van der Waals surface area contributed by atoms with E-state index < -0.39 is 0 Å². The predicted octanol–water partition coefficient (Wildman–Crippen LogP) is 4.66. The molecule has 0 fully saturated rings. The van der Waals surface area contributed by atoms with Gasteiger partial charge in [0, 0.05) is 17.3 Å². The van der Waals surface area contributed by atoms with Gasteiger partial charge < -0.3 is 4.74 Å². The first kappa shape index (κ1) is 12.8. The summed E-state index contributed by atoms with van der Waals surface area (Å²) in [5.74, 6) is 0.868. The first-order valence-electron chi connectivity index (χ1n) is 7.28. The Morgan fingerprint density at radius 1 is 0.818 bits per heavy atom. The summed E-state index contributed by atoms with van der Waals surface area (Å²) in [5, 5.41) is 0. The Morgan fingerprint density at radius 2 is 1.55 bits per heavy atom. The molecule has 2 nitrogen and oxygen atoms in total. The van der Waals surface area contributed by atoms with Crippen molar-refractivity contribution in [2.45, 2.75) is 0 Å². The summed E-state index contributed by atoms with van der Waals surface area (Å²) in [4.78, 5) is 4.59. The van der Waals surface area contributed by atoms with Gasteiger partial charge in [-0.1, -0.05) is 42.5 Å². The van der Waals surface area contributed by atoms with Crippen molar-refractivity contribution in [2.75, 3.05) is 7.11 Å². The minimum atomic E-state index is 0.868. The van der Waals surface area contributed by atoms with Gasteiger partial charge in [-0.2, -0.15) is 0 Å². The third kappa shape index (κ3) is 2.01. The van der Waals surface area contributed by atoms with Crippen LogP contribution in [0.4, 0.5) is 0 Å². The van der Waals surface area contributed by atoms with Crippen LogP contribution in [0.5, 0.6) is 5.75 Å². The third-order valence-electron chi connectivity index (χ3n) is 4.00. The zero-order chi connectivity index (χ0) is 14.9. The lowest BCUT2D eigenvalue weighted by molar-refractivity contribution is 0.415. The summed E-state index contributed by atoms with van der Waals surface area (Å²) in [6.45, 7) is 0. The monoisotopic (exact) mass is 285 g/mol. The van der Waals surface area contributed by atoms with E-state index in [2.05, 4.69) is 53.5 Å². The molecule has 0 N–H and O–H groups in total. The molecule has 0 bridgehead atoms. The number of hydrogen-bond acceptors (Lipinski definition) is 2. The number of fused-ring (bicyclic) bond motifs is 3. The van der Waals surface area contributed by atoms with E-state index in [1.54, 1.807) is 7.11 Å². The second-order valence-electron chi connectivity index (χ2n) is 5.28. The van der Waals surface area contributed by atoms with Gasteiger partial charge in [0.1, 0.15) is 5.75 Å². The Kier molecular flexibility index (Phi) is 3.01. The molecule has 3 aromatic rings. The molecule has 2 aromatic carbocycles. The highest BCUT2D eigenvalue weighted by Crippen LogP contribution is 2.43. The van der Waals surface area contributed by atoms with Crippen LogP contribution in [0.1, 0.15) is 16.8 Å². The van der Waals surface area contributed by atoms with Crippen LogP contribution >= 0.6 is 0 Å². The number of pyridine rings is 1. The van der Waals surface area contributed by atoms with Crippen LogP contribution in [0.2, 0.25) is 0 Å². The summed E-state index contributed by atoms with van der Waals surface area (Å²) in [7, 11) is 1.68. The van der Waals surface area contributed by atoms with Gasteiger partial charge in [0.25, 0.3) is 0 Å². The molecule has 1 aromatic heterocycles. The molecular weight excluding hydrogens is 270 g/mol. The highest BCUT2D eigenvalue weighted by molar-refractivity contribution is 6.05. The Bertz CT molecular complexity index is 815. The first-order valence-corrected chi connectivity index (χ1v) is 7.28. The molecule has 106 valence electrons. The van der Waals surface area contributed by atoms with Crippen molar-refractivity contribution in [3.05, 3.63) is 83.7 Å². The molecule has 0 unspecified atom stereocenters. The second-order valence-corrected chi connectivity index (χ2v) is 5.28. The van der Waals surface area contributed by atoms with Crippen molar-refractivity contribution in [2.24, 2.45) is 0 Å². The van der Waals surface area contributed by atoms with Gasteiger partial charge in [-0.25, -0.2) is 0 Å². The topological polar surface area (TPSA) is 22.1 Å². The van der Waals surface area contributed by atoms with Crippen LogP contribution in [0.25, 0.3) is 22.8 Å². The average molecular weight is 285 g/mol. The predicted molar refractivity (Wildman–Crippen MR) is 89.6 cm³/mol. The van der Waals surface area contributed by atoms with Crippen LogP contribution < -0.4 is 4.74 Å². The fourth-order valence-electron chi connectivity index (χ4n) is 2.93. The lowest BCUT2D eigenvalue weighted by atomic mass is 10.0. The van der Waals surface area contributed by atoms with E-state index in [0.717, 1.165) is 17.0 Å². The Hall–Kier alpha value is -2.87. The van der Waals surface area contributed by atoms with Gasteiger partial charge in [-0.05, 0) is 41.0 Å². The molecule has 0 radical (unpaired) electrons. The molecule has 0 saturated heterocycles. The summed E-state index contributed by atoms with van der Waals surface area (Å²) in [6, 6.07) is 20.7. The molecule has 0 amide bonds. The number of nitrogens with zero attached hydrogens (tertiary/aromatic N) is 1. The van der Waals surface area contributed by atoms with E-state index in [1.165, 1.54) is 22.3 Å². The average Bonchev–Trinajstić information content (AvgIpc) is 2.90. The van der Waals surface area contributed by atoms with Gasteiger partial charge in [0.2, 0.25) is 0 Å². The zero-order valence-corrected chi connectivity index (χ0v) is 12.3. The highest BCUT2D eigenvalue weighted by Gasteiger charge is 2.23. The van der Waals surface area contributed by atoms with Crippen LogP contribution in [0.3, 0.4) is 0 Å². The standard InChI is InChI=1S/C20H15NO/c1-22-15-10-8-14(9-11-15)13-19-17-6-3-2-5-16(17)18-7-4-12-21-20(18)19/h2-13H,1H3/b19-13+. The van der Waals surface area contributed by atoms with E-state index in [4.69, 9.17) is 4.74 Å². The first-order chi connectivity index (χ1) is 10.9. The fraction of sp³-hybridized carbons (Fsp3) is 0.0500. The molecule has 0 atom stereocenters. The molecular formula is C20H15NO. The number of hydrogen-bond donors (Lipinski definition) is 0. The normalized spacial score (nSPS) is 13.8. The zero-order valence-electron chi connectivity index (χ0n) is 12.3. The largest absolute Gasteiger partial charge is 0.497 e. The van der Waals surface area contributed by atoms with Gasteiger partial charge >= 0.3 is 0 Å². The van der Waals surface area contributed by atoms with Gasteiger partial charge in [-0.3, -0.25) is 4.98 Å². The van der Waals surface area contributed by atoms with Gasteiger partial charge in [0.15, 0.2) is 0 Å². The Labute approximate surface area is 129 Å². The highest BCUT2D eigenvalue weighted by atomic mass is 16.5.